The number of rotatable bonds is 6. The van der Waals surface area contributed by atoms with E-state index >= 15 is 0 Å². The van der Waals surface area contributed by atoms with E-state index in [1.807, 2.05) is 6.92 Å². The number of aryl methyl sites for hydroxylation is 3. The highest BCUT2D eigenvalue weighted by atomic mass is 32.2. The summed E-state index contributed by atoms with van der Waals surface area (Å²) in [6, 6.07) is 3.44. The lowest BCUT2D eigenvalue weighted by molar-refractivity contribution is -0.0432. The highest BCUT2D eigenvalue weighted by Gasteiger charge is 2.36. The largest absolute Gasteiger partial charge is 0.394 e. The van der Waals surface area contributed by atoms with Gasteiger partial charge in [0.05, 0.1) is 19.0 Å². The minimum absolute atomic E-state index is 0.00216. The van der Waals surface area contributed by atoms with Gasteiger partial charge in [-0.3, -0.25) is 4.57 Å². The Balaban J connectivity index is 1.82. The molecule has 2 N–H and O–H groups in total. The van der Waals surface area contributed by atoms with Gasteiger partial charge in [-0.1, -0.05) is 17.7 Å². The number of hydrogen-bond donors (Lipinski definition) is 2. The number of nitrogens with zero attached hydrogens (tertiary/aromatic N) is 7. The van der Waals surface area contributed by atoms with Crippen LogP contribution in [0.15, 0.2) is 28.5 Å². The molecule has 0 aliphatic carbocycles. The number of ether oxygens (including phenoxy) is 1. The second-order valence-corrected chi connectivity index (χ2v) is 9.21. The lowest BCUT2D eigenvalue weighted by Gasteiger charge is -2.14. The van der Waals surface area contributed by atoms with Crippen LogP contribution in [0.25, 0.3) is 21.6 Å². The molecular weight excluding hydrogens is 454 g/mol. The molecule has 0 spiro atoms. The van der Waals surface area contributed by atoms with Crippen molar-refractivity contribution in [1.29, 1.82) is 0 Å². The van der Waals surface area contributed by atoms with Crippen LogP contribution in [0.1, 0.15) is 29.3 Å². The number of benzene rings is 1. The highest BCUT2D eigenvalue weighted by Crippen LogP contribution is 2.34. The standard InChI is InChI=1S/C19H21N7O6S/c1-9-4-10(2)16(11(3)5-9)33(29,30)32-18-15-17(22-19(23-18)24-25-20)26(8-21-15)14-6-12(28)13(7-27)31-14/h4-5,8,12-14,27-28H,6-7H2,1-3H3/t12-,13+,14+/m0/s1. The summed E-state index contributed by atoms with van der Waals surface area (Å²) in [5.41, 5.74) is 10.8. The third-order valence-electron chi connectivity index (χ3n) is 5.25. The first kappa shape index (κ1) is 22.9. The summed E-state index contributed by atoms with van der Waals surface area (Å²) in [4.78, 5) is 14.9. The van der Waals surface area contributed by atoms with Crippen molar-refractivity contribution in [2.24, 2.45) is 5.11 Å². The van der Waals surface area contributed by atoms with Gasteiger partial charge in [0.1, 0.15) is 17.2 Å². The fourth-order valence-electron chi connectivity index (χ4n) is 3.99. The smallest absolute Gasteiger partial charge is 0.341 e. The third kappa shape index (κ3) is 4.21. The highest BCUT2D eigenvalue weighted by molar-refractivity contribution is 7.87. The molecule has 1 saturated heterocycles. The number of aromatic nitrogens is 4. The molecule has 0 unspecified atom stereocenters. The molecule has 2 aromatic heterocycles. The summed E-state index contributed by atoms with van der Waals surface area (Å²) in [7, 11) is -4.32. The second-order valence-electron chi connectivity index (χ2n) is 7.72. The molecule has 1 aromatic carbocycles. The average Bonchev–Trinajstić information content (AvgIpc) is 3.30. The van der Waals surface area contributed by atoms with Crippen LogP contribution in [-0.2, 0) is 14.9 Å². The van der Waals surface area contributed by atoms with Crippen molar-refractivity contribution in [2.45, 2.75) is 50.5 Å². The van der Waals surface area contributed by atoms with E-state index in [9.17, 15) is 18.6 Å². The van der Waals surface area contributed by atoms with Crippen LogP contribution in [0, 0.1) is 20.8 Å². The molecule has 0 saturated carbocycles. The van der Waals surface area contributed by atoms with Gasteiger partial charge in [-0.2, -0.15) is 13.4 Å². The molecule has 4 rings (SSSR count). The third-order valence-corrected chi connectivity index (χ3v) is 6.77. The Morgan fingerprint density at radius 3 is 2.61 bits per heavy atom. The van der Waals surface area contributed by atoms with E-state index in [1.165, 1.54) is 10.9 Å². The van der Waals surface area contributed by atoms with E-state index in [4.69, 9.17) is 14.5 Å². The molecule has 1 fully saturated rings. The molecular formula is C19H21N7O6S. The van der Waals surface area contributed by atoms with E-state index in [0.29, 0.717) is 11.1 Å². The van der Waals surface area contributed by atoms with E-state index in [0.717, 1.165) is 5.56 Å². The number of fused-ring (bicyclic) bond motifs is 1. The van der Waals surface area contributed by atoms with Crippen molar-refractivity contribution >= 4 is 27.2 Å². The van der Waals surface area contributed by atoms with Gasteiger partial charge in [0, 0.05) is 11.3 Å². The Kier molecular flexibility index (Phi) is 5.95. The maximum atomic E-state index is 13.1. The maximum absolute atomic E-state index is 13.1. The minimum atomic E-state index is -4.32. The molecule has 174 valence electrons. The zero-order valence-electron chi connectivity index (χ0n) is 17.9. The van der Waals surface area contributed by atoms with Gasteiger partial charge in [-0.25, -0.2) is 9.97 Å². The van der Waals surface area contributed by atoms with E-state index in [-0.39, 0.29) is 35.0 Å². The summed E-state index contributed by atoms with van der Waals surface area (Å²) in [6.07, 6.45) is -1.01. The molecule has 0 amide bonds. The van der Waals surface area contributed by atoms with Crippen LogP contribution in [0.4, 0.5) is 5.95 Å². The number of aliphatic hydroxyl groups excluding tert-OH is 2. The van der Waals surface area contributed by atoms with Gasteiger partial charge < -0.3 is 19.1 Å². The molecule has 0 radical (unpaired) electrons. The Bertz CT molecular complexity index is 1360. The summed E-state index contributed by atoms with van der Waals surface area (Å²) in [5.74, 6) is -0.802. The Morgan fingerprint density at radius 2 is 2.00 bits per heavy atom. The predicted octanol–water partition coefficient (Wildman–Crippen LogP) is 2.10. The molecule has 0 bridgehead atoms. The van der Waals surface area contributed by atoms with Crippen molar-refractivity contribution in [2.75, 3.05) is 6.61 Å². The van der Waals surface area contributed by atoms with Gasteiger partial charge in [0.15, 0.2) is 11.2 Å². The summed E-state index contributed by atoms with van der Waals surface area (Å²) >= 11 is 0. The minimum Gasteiger partial charge on any atom is -0.394 e. The normalized spacial score (nSPS) is 20.7. The topological polar surface area (TPSA) is 185 Å². The fourth-order valence-corrected chi connectivity index (χ4v) is 5.30. The van der Waals surface area contributed by atoms with Crippen molar-refractivity contribution in [3.63, 3.8) is 0 Å². The molecule has 33 heavy (non-hydrogen) atoms. The van der Waals surface area contributed by atoms with Gasteiger partial charge >= 0.3 is 10.1 Å². The second kappa shape index (κ2) is 8.57. The van der Waals surface area contributed by atoms with Crippen LogP contribution < -0.4 is 4.18 Å². The maximum Gasteiger partial charge on any atom is 0.341 e. The molecule has 1 aliphatic heterocycles. The number of hydrogen-bond acceptors (Lipinski definition) is 10. The Morgan fingerprint density at radius 1 is 1.30 bits per heavy atom. The molecule has 3 aromatic rings. The fraction of sp³-hybridized carbons (Fsp3) is 0.421. The van der Waals surface area contributed by atoms with E-state index < -0.39 is 34.4 Å². The molecule has 3 heterocycles. The summed E-state index contributed by atoms with van der Waals surface area (Å²) in [5, 5.41) is 22.8. The molecule has 14 heteroatoms. The summed E-state index contributed by atoms with van der Waals surface area (Å²) < 4.78 is 38.7. The van der Waals surface area contributed by atoms with Crippen LogP contribution in [-0.4, -0.2) is 57.0 Å². The van der Waals surface area contributed by atoms with Crippen molar-refractivity contribution in [3.05, 3.63) is 45.6 Å². The van der Waals surface area contributed by atoms with Gasteiger partial charge in [0.25, 0.3) is 5.88 Å². The zero-order valence-corrected chi connectivity index (χ0v) is 18.8. The number of azide groups is 1. The number of aliphatic hydroxyl groups is 2. The monoisotopic (exact) mass is 475 g/mol. The lowest BCUT2D eigenvalue weighted by Crippen LogP contribution is -2.24. The van der Waals surface area contributed by atoms with E-state index in [2.05, 4.69) is 25.0 Å². The van der Waals surface area contributed by atoms with Crippen LogP contribution >= 0.6 is 0 Å². The Hall–Kier alpha value is -3.29. The molecule has 3 atom stereocenters. The van der Waals surface area contributed by atoms with Gasteiger partial charge in [-0.05, 0) is 42.5 Å². The predicted molar refractivity (Wildman–Crippen MR) is 114 cm³/mol. The van der Waals surface area contributed by atoms with Crippen molar-refractivity contribution < 1.29 is 27.6 Å². The SMILES string of the molecule is Cc1cc(C)c(S(=O)(=O)Oc2nc(N=[N+]=[N-])nc3c2ncn3[C@H]2C[C@H](O)[C@@H](CO)O2)c(C)c1. The molecule has 1 aliphatic rings. The van der Waals surface area contributed by atoms with Crippen molar-refractivity contribution in [3.8, 4) is 5.88 Å². The van der Waals surface area contributed by atoms with E-state index in [1.54, 1.807) is 26.0 Å². The zero-order chi connectivity index (χ0) is 23.9. The molecule has 13 nitrogen and oxygen atoms in total. The van der Waals surface area contributed by atoms with Crippen LogP contribution in [0.5, 0.6) is 5.88 Å². The summed E-state index contributed by atoms with van der Waals surface area (Å²) in [6.45, 7) is 4.79. The Labute approximate surface area is 188 Å². The first-order valence-corrected chi connectivity index (χ1v) is 11.3. The van der Waals surface area contributed by atoms with Crippen molar-refractivity contribution in [1.82, 2.24) is 19.5 Å². The first-order chi connectivity index (χ1) is 15.6. The van der Waals surface area contributed by atoms with Crippen LogP contribution in [0.3, 0.4) is 0 Å². The first-order valence-electron chi connectivity index (χ1n) is 9.91. The number of imidazole rings is 1. The van der Waals surface area contributed by atoms with Gasteiger partial charge in [0.2, 0.25) is 5.95 Å². The average molecular weight is 475 g/mol. The lowest BCUT2D eigenvalue weighted by atomic mass is 10.1. The quantitative estimate of drug-likeness (QED) is 0.233. The van der Waals surface area contributed by atoms with Gasteiger partial charge in [-0.15, -0.1) is 0 Å². The van der Waals surface area contributed by atoms with Crippen LogP contribution in [0.2, 0.25) is 0 Å².